The number of para-hydroxylation sites is 1. The van der Waals surface area contributed by atoms with Crippen LogP contribution in [-0.2, 0) is 0 Å². The Morgan fingerprint density at radius 1 is 1.21 bits per heavy atom. The van der Waals surface area contributed by atoms with E-state index in [0.29, 0.717) is 23.8 Å². The highest BCUT2D eigenvalue weighted by Crippen LogP contribution is 2.47. The number of allylic oxidation sites excluding steroid dienone is 1. The van der Waals surface area contributed by atoms with E-state index in [1.165, 1.54) is 0 Å². The Hall–Kier alpha value is -3.92. The monoisotopic (exact) mass is 388 g/mol. The number of hydrogen-bond acceptors (Lipinski definition) is 6. The lowest BCUT2D eigenvalue weighted by atomic mass is 9.82. The van der Waals surface area contributed by atoms with Crippen molar-refractivity contribution in [3.8, 4) is 34.7 Å². The predicted molar refractivity (Wildman–Crippen MR) is 107 cm³/mol. The van der Waals surface area contributed by atoms with Crippen LogP contribution in [0.4, 0.5) is 0 Å². The van der Waals surface area contributed by atoms with Crippen molar-refractivity contribution in [2.75, 3.05) is 13.7 Å². The zero-order valence-corrected chi connectivity index (χ0v) is 16.1. The molecule has 0 fully saturated rings. The Morgan fingerprint density at radius 3 is 2.66 bits per heavy atom. The van der Waals surface area contributed by atoms with E-state index in [1.54, 1.807) is 7.11 Å². The van der Waals surface area contributed by atoms with Gasteiger partial charge in [0.05, 0.1) is 30.9 Å². The highest BCUT2D eigenvalue weighted by atomic mass is 16.5. The smallest absolute Gasteiger partial charge is 0.244 e. The van der Waals surface area contributed by atoms with Gasteiger partial charge in [-0.15, -0.1) is 5.10 Å². The Bertz CT molecular complexity index is 1110. The number of H-pyrrole nitrogens is 1. The van der Waals surface area contributed by atoms with Crippen molar-refractivity contribution in [2.24, 2.45) is 5.73 Å². The maximum absolute atomic E-state index is 9.82. The molecule has 1 aliphatic heterocycles. The first-order chi connectivity index (χ1) is 14.2. The van der Waals surface area contributed by atoms with E-state index in [9.17, 15) is 5.26 Å². The average molecular weight is 388 g/mol. The van der Waals surface area contributed by atoms with Gasteiger partial charge in [-0.3, -0.25) is 5.10 Å². The van der Waals surface area contributed by atoms with Crippen LogP contribution in [0.2, 0.25) is 0 Å². The van der Waals surface area contributed by atoms with Gasteiger partial charge in [-0.2, -0.15) is 5.26 Å². The minimum atomic E-state index is -0.472. The van der Waals surface area contributed by atoms with Crippen molar-refractivity contribution in [1.29, 1.82) is 5.26 Å². The zero-order valence-electron chi connectivity index (χ0n) is 16.1. The topological polar surface area (TPSA) is 106 Å². The van der Waals surface area contributed by atoms with Crippen LogP contribution in [0, 0.1) is 11.3 Å². The largest absolute Gasteiger partial charge is 0.496 e. The SMILES string of the molecule is CCOc1ccc(-c2[nH]nc3c2C(c2ccccc2OC)C(C#N)=C(N)O3)cc1. The van der Waals surface area contributed by atoms with Crippen molar-refractivity contribution in [2.45, 2.75) is 12.8 Å². The third-order valence-electron chi connectivity index (χ3n) is 4.84. The first-order valence-corrected chi connectivity index (χ1v) is 9.19. The number of hydrogen-bond donors (Lipinski definition) is 2. The molecule has 0 spiro atoms. The summed E-state index contributed by atoms with van der Waals surface area (Å²) in [5, 5.41) is 17.2. The second-order valence-electron chi connectivity index (χ2n) is 6.44. The van der Waals surface area contributed by atoms with Crippen LogP contribution in [0.25, 0.3) is 11.3 Å². The summed E-state index contributed by atoms with van der Waals surface area (Å²) in [6.45, 7) is 2.53. The molecule has 1 aromatic heterocycles. The second-order valence-corrected chi connectivity index (χ2v) is 6.44. The fraction of sp³-hybridized carbons (Fsp3) is 0.182. The van der Waals surface area contributed by atoms with E-state index in [1.807, 2.05) is 55.5 Å². The van der Waals surface area contributed by atoms with Crippen LogP contribution in [0.5, 0.6) is 17.4 Å². The van der Waals surface area contributed by atoms with E-state index in [2.05, 4.69) is 16.3 Å². The first-order valence-electron chi connectivity index (χ1n) is 9.19. The van der Waals surface area contributed by atoms with Gasteiger partial charge < -0.3 is 19.9 Å². The van der Waals surface area contributed by atoms with E-state index in [0.717, 1.165) is 28.1 Å². The molecule has 1 unspecified atom stereocenters. The minimum absolute atomic E-state index is 0.0423. The average Bonchev–Trinajstić information content (AvgIpc) is 3.16. The van der Waals surface area contributed by atoms with Crippen molar-refractivity contribution < 1.29 is 14.2 Å². The normalized spacial score (nSPS) is 15.3. The van der Waals surface area contributed by atoms with Crippen molar-refractivity contribution in [3.63, 3.8) is 0 Å². The lowest BCUT2D eigenvalue weighted by Gasteiger charge is -2.25. The second kappa shape index (κ2) is 7.60. The third kappa shape index (κ3) is 3.15. The number of fused-ring (bicyclic) bond motifs is 1. The van der Waals surface area contributed by atoms with Gasteiger partial charge in [0.15, 0.2) is 0 Å². The van der Waals surface area contributed by atoms with Gasteiger partial charge >= 0.3 is 0 Å². The van der Waals surface area contributed by atoms with Gasteiger partial charge in [-0.1, -0.05) is 18.2 Å². The van der Waals surface area contributed by atoms with E-state index >= 15 is 0 Å². The van der Waals surface area contributed by atoms with E-state index in [4.69, 9.17) is 19.9 Å². The number of methoxy groups -OCH3 is 1. The summed E-state index contributed by atoms with van der Waals surface area (Å²) in [6.07, 6.45) is 0. The number of aromatic amines is 1. The number of nitriles is 1. The summed E-state index contributed by atoms with van der Waals surface area (Å²) in [5.74, 6) is 1.36. The maximum atomic E-state index is 9.82. The quantitative estimate of drug-likeness (QED) is 0.690. The van der Waals surface area contributed by atoms with Gasteiger partial charge in [-0.25, -0.2) is 0 Å². The molecule has 0 radical (unpaired) electrons. The molecule has 2 aromatic carbocycles. The molecule has 146 valence electrons. The molecule has 7 heteroatoms. The molecular formula is C22H20N4O3. The number of benzene rings is 2. The molecule has 0 amide bonds. The molecule has 1 aliphatic rings. The number of nitrogens with two attached hydrogens (primary N) is 1. The number of ether oxygens (including phenoxy) is 3. The molecule has 0 saturated carbocycles. The van der Waals surface area contributed by atoms with Crippen molar-refractivity contribution in [1.82, 2.24) is 10.2 Å². The van der Waals surface area contributed by atoms with E-state index < -0.39 is 5.92 Å². The summed E-state index contributed by atoms with van der Waals surface area (Å²) in [6, 6.07) is 17.4. The van der Waals surface area contributed by atoms with Crippen LogP contribution in [0.15, 0.2) is 60.0 Å². The van der Waals surface area contributed by atoms with E-state index in [-0.39, 0.29) is 5.88 Å². The fourth-order valence-electron chi connectivity index (χ4n) is 3.57. The summed E-state index contributed by atoms with van der Waals surface area (Å²) >= 11 is 0. The summed E-state index contributed by atoms with van der Waals surface area (Å²) in [4.78, 5) is 0. The summed E-state index contributed by atoms with van der Waals surface area (Å²) < 4.78 is 16.7. The molecule has 2 heterocycles. The molecule has 0 saturated heterocycles. The minimum Gasteiger partial charge on any atom is -0.496 e. The van der Waals surface area contributed by atoms with Crippen LogP contribution < -0.4 is 19.9 Å². The van der Waals surface area contributed by atoms with Crippen LogP contribution in [0.1, 0.15) is 24.0 Å². The number of nitrogens with zero attached hydrogens (tertiary/aromatic N) is 2. The van der Waals surface area contributed by atoms with Gasteiger partial charge in [0.2, 0.25) is 11.8 Å². The highest BCUT2D eigenvalue weighted by Gasteiger charge is 2.36. The van der Waals surface area contributed by atoms with Crippen molar-refractivity contribution in [3.05, 3.63) is 71.1 Å². The first kappa shape index (κ1) is 18.4. The molecule has 0 aliphatic carbocycles. The van der Waals surface area contributed by atoms with Crippen molar-refractivity contribution >= 4 is 0 Å². The van der Waals surface area contributed by atoms with Crippen LogP contribution in [0.3, 0.4) is 0 Å². The van der Waals surface area contributed by atoms with Gasteiger partial charge in [-0.05, 0) is 37.3 Å². The molecule has 7 nitrogen and oxygen atoms in total. The Morgan fingerprint density at radius 2 is 1.97 bits per heavy atom. The fourth-order valence-corrected chi connectivity index (χ4v) is 3.57. The number of aromatic nitrogens is 2. The molecular weight excluding hydrogens is 368 g/mol. The molecule has 3 aromatic rings. The predicted octanol–water partition coefficient (Wildman–Crippen LogP) is 3.70. The van der Waals surface area contributed by atoms with Crippen LogP contribution in [-0.4, -0.2) is 23.9 Å². The molecule has 0 bridgehead atoms. The summed E-state index contributed by atoms with van der Waals surface area (Å²) in [7, 11) is 1.60. The number of nitrogens with one attached hydrogen (secondary N) is 1. The molecule has 3 N–H and O–H groups in total. The standard InChI is InChI=1S/C22H20N4O3/c1-3-28-14-10-8-13(9-11-14)20-19-18(15-6-4-5-7-17(15)27-2)16(12-23)21(24)29-22(19)26-25-20/h4-11,18H,3,24H2,1-2H3,(H,25,26). The number of rotatable bonds is 5. The lowest BCUT2D eigenvalue weighted by molar-refractivity contribution is 0.340. The zero-order chi connectivity index (χ0) is 20.4. The Labute approximate surface area is 168 Å². The van der Waals surface area contributed by atoms with Gasteiger partial charge in [0.25, 0.3) is 0 Å². The summed E-state index contributed by atoms with van der Waals surface area (Å²) in [5.41, 5.74) is 9.56. The Kier molecular flexibility index (Phi) is 4.83. The van der Waals surface area contributed by atoms with Gasteiger partial charge in [0, 0.05) is 11.1 Å². The van der Waals surface area contributed by atoms with Crippen LogP contribution >= 0.6 is 0 Å². The highest BCUT2D eigenvalue weighted by molar-refractivity contribution is 5.72. The van der Waals surface area contributed by atoms with Gasteiger partial charge in [0.1, 0.15) is 23.1 Å². The molecule has 1 atom stereocenters. The lowest BCUT2D eigenvalue weighted by Crippen LogP contribution is -2.21. The molecule has 29 heavy (non-hydrogen) atoms. The third-order valence-corrected chi connectivity index (χ3v) is 4.84. The molecule has 4 rings (SSSR count). The maximum Gasteiger partial charge on any atom is 0.244 e. The Balaban J connectivity index is 1.89.